The fourth-order valence-corrected chi connectivity index (χ4v) is 3.43. The summed E-state index contributed by atoms with van der Waals surface area (Å²) >= 11 is 0. The topological polar surface area (TPSA) is 92.4 Å². The molecular weight excluding hydrogens is 366 g/mol. The summed E-state index contributed by atoms with van der Waals surface area (Å²) in [5.74, 6) is 0.492. The van der Waals surface area contributed by atoms with Crippen LogP contribution in [0.15, 0.2) is 63.3 Å². The lowest BCUT2D eigenvalue weighted by molar-refractivity contribution is -0.114. The number of aliphatic imine (C=N–C) groups is 1. The third-order valence-corrected chi connectivity index (χ3v) is 4.77. The fourth-order valence-electron chi connectivity index (χ4n) is 3.43. The van der Waals surface area contributed by atoms with Crippen LogP contribution in [0, 0.1) is 6.92 Å². The molecule has 3 aromatic rings. The van der Waals surface area contributed by atoms with Gasteiger partial charge in [0.15, 0.2) is 11.4 Å². The van der Waals surface area contributed by atoms with E-state index in [1.54, 1.807) is 13.1 Å². The van der Waals surface area contributed by atoms with Gasteiger partial charge in [0.25, 0.3) is 0 Å². The van der Waals surface area contributed by atoms with Crippen molar-refractivity contribution in [2.45, 2.75) is 39.7 Å². The van der Waals surface area contributed by atoms with E-state index in [-0.39, 0.29) is 5.78 Å². The molecule has 1 aliphatic rings. The maximum atomic E-state index is 12.5. The minimum absolute atomic E-state index is 0.00353. The second kappa shape index (κ2) is 7.87. The SMILES string of the molecule is CCCC1=C(C(C)=O)C(c2ccc(C)nc2)N=C(Nc2nc3ccccc3o2)N1. The van der Waals surface area contributed by atoms with E-state index < -0.39 is 6.04 Å². The summed E-state index contributed by atoms with van der Waals surface area (Å²) < 4.78 is 5.76. The standard InChI is InChI=1S/C22H23N5O2/c1-4-7-17-19(14(3)28)20(15-11-10-13(2)23-12-15)26-21(24-17)27-22-25-16-8-5-6-9-18(16)29-22/h5-6,8-12,20H,4,7H2,1-3H3,(H2,24,25,26,27). The largest absolute Gasteiger partial charge is 0.423 e. The van der Waals surface area contributed by atoms with Crippen molar-refractivity contribution in [2.24, 2.45) is 4.99 Å². The first-order valence-corrected chi connectivity index (χ1v) is 9.69. The first-order valence-electron chi connectivity index (χ1n) is 9.69. The second-order valence-electron chi connectivity index (χ2n) is 7.05. The molecule has 7 heteroatoms. The highest BCUT2D eigenvalue weighted by Gasteiger charge is 2.29. The number of aryl methyl sites for hydroxylation is 1. The third-order valence-electron chi connectivity index (χ3n) is 4.77. The molecule has 1 aromatic carbocycles. The molecule has 148 valence electrons. The first-order chi connectivity index (χ1) is 14.0. The predicted octanol–water partition coefficient (Wildman–Crippen LogP) is 4.29. The van der Waals surface area contributed by atoms with Gasteiger partial charge in [-0.15, -0.1) is 0 Å². The number of pyridine rings is 1. The van der Waals surface area contributed by atoms with Crippen LogP contribution >= 0.6 is 0 Å². The normalized spacial score (nSPS) is 16.5. The van der Waals surface area contributed by atoms with Crippen molar-refractivity contribution in [3.05, 3.63) is 65.1 Å². The predicted molar refractivity (Wildman–Crippen MR) is 113 cm³/mol. The van der Waals surface area contributed by atoms with E-state index in [4.69, 9.17) is 9.41 Å². The zero-order valence-corrected chi connectivity index (χ0v) is 16.7. The maximum Gasteiger partial charge on any atom is 0.302 e. The van der Waals surface area contributed by atoms with Crippen molar-refractivity contribution in [3.63, 3.8) is 0 Å². The van der Waals surface area contributed by atoms with Crippen LogP contribution in [0.3, 0.4) is 0 Å². The zero-order chi connectivity index (χ0) is 20.4. The van der Waals surface area contributed by atoms with E-state index in [1.807, 2.05) is 43.3 Å². The molecular formula is C22H23N5O2. The Kier molecular flexibility index (Phi) is 5.12. The summed E-state index contributed by atoms with van der Waals surface area (Å²) in [4.78, 5) is 26.1. The minimum atomic E-state index is -0.435. The lowest BCUT2D eigenvalue weighted by Crippen LogP contribution is -2.37. The molecule has 0 saturated carbocycles. The molecule has 7 nitrogen and oxygen atoms in total. The molecule has 29 heavy (non-hydrogen) atoms. The van der Waals surface area contributed by atoms with Gasteiger partial charge in [0.05, 0.1) is 0 Å². The van der Waals surface area contributed by atoms with Crippen LogP contribution in [0.5, 0.6) is 0 Å². The van der Waals surface area contributed by atoms with E-state index in [2.05, 4.69) is 27.5 Å². The summed E-state index contributed by atoms with van der Waals surface area (Å²) in [6.07, 6.45) is 3.41. The monoisotopic (exact) mass is 389 g/mol. The van der Waals surface area contributed by atoms with E-state index in [1.165, 1.54) is 0 Å². The Bertz CT molecular complexity index is 1080. The van der Waals surface area contributed by atoms with Crippen LogP contribution < -0.4 is 10.6 Å². The van der Waals surface area contributed by atoms with Gasteiger partial charge in [-0.2, -0.15) is 4.98 Å². The van der Waals surface area contributed by atoms with Gasteiger partial charge in [-0.05, 0) is 44.0 Å². The van der Waals surface area contributed by atoms with Gasteiger partial charge in [0, 0.05) is 23.2 Å². The Morgan fingerprint density at radius 3 is 2.76 bits per heavy atom. The number of oxazole rings is 1. The molecule has 0 radical (unpaired) electrons. The smallest absolute Gasteiger partial charge is 0.302 e. The summed E-state index contributed by atoms with van der Waals surface area (Å²) in [7, 11) is 0. The quantitative estimate of drug-likeness (QED) is 0.676. The fraction of sp³-hybridized carbons (Fsp3) is 0.273. The number of ketones is 1. The van der Waals surface area contributed by atoms with E-state index >= 15 is 0 Å². The molecule has 4 rings (SSSR count). The molecule has 3 heterocycles. The summed E-state index contributed by atoms with van der Waals surface area (Å²) in [6, 6.07) is 11.4. The summed E-state index contributed by atoms with van der Waals surface area (Å²) in [5.41, 5.74) is 4.77. The maximum absolute atomic E-state index is 12.5. The average molecular weight is 389 g/mol. The Balaban J connectivity index is 1.72. The van der Waals surface area contributed by atoms with Crippen molar-refractivity contribution < 1.29 is 9.21 Å². The third kappa shape index (κ3) is 3.89. The number of para-hydroxylation sites is 2. The summed E-state index contributed by atoms with van der Waals surface area (Å²) in [5, 5.41) is 6.39. The Labute approximate surface area is 169 Å². The number of allylic oxidation sites excluding steroid dienone is 1. The Morgan fingerprint density at radius 2 is 2.07 bits per heavy atom. The number of carbonyl (C=O) groups is 1. The van der Waals surface area contributed by atoms with Crippen LogP contribution in [-0.4, -0.2) is 21.7 Å². The molecule has 2 N–H and O–H groups in total. The van der Waals surface area contributed by atoms with Gasteiger partial charge in [-0.25, -0.2) is 4.99 Å². The molecule has 1 atom stereocenters. The highest BCUT2D eigenvalue weighted by Crippen LogP contribution is 2.32. The van der Waals surface area contributed by atoms with Gasteiger partial charge >= 0.3 is 6.01 Å². The van der Waals surface area contributed by atoms with Gasteiger partial charge < -0.3 is 9.73 Å². The van der Waals surface area contributed by atoms with Crippen LogP contribution in [0.1, 0.15) is 44.0 Å². The van der Waals surface area contributed by atoms with Crippen molar-refractivity contribution in [2.75, 3.05) is 5.32 Å². The molecule has 0 bridgehead atoms. The van der Waals surface area contributed by atoms with E-state index in [9.17, 15) is 4.79 Å². The van der Waals surface area contributed by atoms with Crippen LogP contribution in [0.4, 0.5) is 6.01 Å². The lowest BCUT2D eigenvalue weighted by Gasteiger charge is -2.27. The van der Waals surface area contributed by atoms with Gasteiger partial charge in [-0.1, -0.05) is 31.5 Å². The van der Waals surface area contributed by atoms with Crippen molar-refractivity contribution in [1.29, 1.82) is 0 Å². The number of Topliss-reactive ketones (excluding diaryl/α,β-unsaturated/α-hetero) is 1. The van der Waals surface area contributed by atoms with Gasteiger partial charge in [0.2, 0.25) is 5.96 Å². The number of carbonyl (C=O) groups excluding carboxylic acids is 1. The summed E-state index contributed by atoms with van der Waals surface area (Å²) in [6.45, 7) is 5.59. The Morgan fingerprint density at radius 1 is 1.24 bits per heavy atom. The highest BCUT2D eigenvalue weighted by molar-refractivity contribution is 6.01. The van der Waals surface area contributed by atoms with Crippen molar-refractivity contribution >= 4 is 28.9 Å². The number of hydrogen-bond acceptors (Lipinski definition) is 7. The number of hydrogen-bond donors (Lipinski definition) is 2. The van der Waals surface area contributed by atoms with Crippen LogP contribution in [0.2, 0.25) is 0 Å². The second-order valence-corrected chi connectivity index (χ2v) is 7.05. The molecule has 0 spiro atoms. The number of aromatic nitrogens is 2. The molecule has 1 unspecified atom stereocenters. The van der Waals surface area contributed by atoms with Crippen LogP contribution in [-0.2, 0) is 4.79 Å². The highest BCUT2D eigenvalue weighted by atomic mass is 16.4. The number of fused-ring (bicyclic) bond motifs is 1. The zero-order valence-electron chi connectivity index (χ0n) is 16.7. The van der Waals surface area contributed by atoms with Crippen molar-refractivity contribution in [3.8, 4) is 0 Å². The average Bonchev–Trinajstić information content (AvgIpc) is 3.10. The lowest BCUT2D eigenvalue weighted by atomic mass is 9.93. The molecule has 1 aliphatic heterocycles. The molecule has 0 saturated heterocycles. The molecule has 2 aromatic heterocycles. The number of rotatable bonds is 5. The van der Waals surface area contributed by atoms with Gasteiger partial charge in [0.1, 0.15) is 11.6 Å². The number of nitrogens with one attached hydrogen (secondary N) is 2. The van der Waals surface area contributed by atoms with Crippen molar-refractivity contribution in [1.82, 2.24) is 15.3 Å². The number of nitrogens with zero attached hydrogens (tertiary/aromatic N) is 3. The van der Waals surface area contributed by atoms with E-state index in [0.717, 1.165) is 35.3 Å². The van der Waals surface area contributed by atoms with Gasteiger partial charge in [-0.3, -0.25) is 15.1 Å². The molecule has 0 aliphatic carbocycles. The van der Waals surface area contributed by atoms with Crippen LogP contribution in [0.25, 0.3) is 11.1 Å². The first kappa shape index (κ1) is 18.9. The number of guanidine groups is 1. The molecule has 0 amide bonds. The Hall–Kier alpha value is -3.48. The molecule has 0 fully saturated rings. The number of benzene rings is 1. The minimum Gasteiger partial charge on any atom is -0.423 e. The number of anilines is 1. The van der Waals surface area contributed by atoms with E-state index in [0.29, 0.717) is 23.1 Å².